The Bertz CT molecular complexity index is 509. The Labute approximate surface area is 124 Å². The third-order valence-corrected chi connectivity index (χ3v) is 3.30. The van der Waals surface area contributed by atoms with Crippen molar-refractivity contribution in [3.8, 4) is 5.75 Å². The smallest absolute Gasteiger partial charge is 0.323 e. The van der Waals surface area contributed by atoms with Gasteiger partial charge < -0.3 is 9.84 Å². The highest BCUT2D eigenvalue weighted by molar-refractivity contribution is 9.09. The number of ether oxygens (including phenoxy) is 1. The molecule has 0 heterocycles. The molecule has 0 saturated carbocycles. The Morgan fingerprint density at radius 1 is 1.50 bits per heavy atom. The molecule has 0 aromatic heterocycles. The van der Waals surface area contributed by atoms with E-state index in [0.717, 1.165) is 11.0 Å². The average molecular weight is 348 g/mol. The number of halogens is 2. The molecule has 1 aromatic carbocycles. The van der Waals surface area contributed by atoms with Gasteiger partial charge in [-0.15, -0.1) is 0 Å². The summed E-state index contributed by atoms with van der Waals surface area (Å²) in [6.07, 6.45) is 0.649. The van der Waals surface area contributed by atoms with Gasteiger partial charge in [-0.1, -0.05) is 6.92 Å². The number of alkyl halides is 1. The summed E-state index contributed by atoms with van der Waals surface area (Å²) in [7, 11) is 0. The molecule has 1 amide bonds. The lowest BCUT2D eigenvalue weighted by Crippen LogP contribution is -2.34. The monoisotopic (exact) mass is 347 g/mol. The number of anilines is 1. The van der Waals surface area contributed by atoms with Crippen LogP contribution in [0, 0.1) is 5.82 Å². The van der Waals surface area contributed by atoms with E-state index >= 15 is 0 Å². The van der Waals surface area contributed by atoms with Gasteiger partial charge in [0.2, 0.25) is 5.91 Å². The highest BCUT2D eigenvalue weighted by Crippen LogP contribution is 2.31. The summed E-state index contributed by atoms with van der Waals surface area (Å²) in [5, 5.41) is 8.53. The van der Waals surface area contributed by atoms with Crippen LogP contribution in [0.4, 0.5) is 10.1 Å². The molecule has 5 nitrogen and oxygen atoms in total. The lowest BCUT2D eigenvalue weighted by atomic mass is 10.2. The third-order valence-electron chi connectivity index (χ3n) is 2.46. The van der Waals surface area contributed by atoms with E-state index < -0.39 is 24.2 Å². The van der Waals surface area contributed by atoms with Crippen LogP contribution in [0.2, 0.25) is 0 Å². The van der Waals surface area contributed by atoms with Crippen LogP contribution in [0.1, 0.15) is 20.3 Å². The summed E-state index contributed by atoms with van der Waals surface area (Å²) in [4.78, 5) is 23.4. The lowest BCUT2D eigenvalue weighted by Gasteiger charge is -2.23. The van der Waals surface area contributed by atoms with E-state index in [9.17, 15) is 14.0 Å². The number of amides is 1. The second-order valence-corrected chi connectivity index (χ2v) is 5.07. The zero-order valence-corrected chi connectivity index (χ0v) is 12.7. The van der Waals surface area contributed by atoms with Gasteiger partial charge in [-0.25, -0.2) is 4.39 Å². The average Bonchev–Trinajstić information content (AvgIpc) is 2.37. The van der Waals surface area contributed by atoms with Crippen LogP contribution in [0.5, 0.6) is 5.75 Å². The lowest BCUT2D eigenvalue weighted by molar-refractivity contribution is -0.136. The molecule has 0 spiro atoms. The summed E-state index contributed by atoms with van der Waals surface area (Å²) in [6, 6.07) is 3.63. The molecule has 20 heavy (non-hydrogen) atoms. The number of nitrogens with zero attached hydrogens (tertiary/aromatic N) is 1. The maximum absolute atomic E-state index is 13.4. The van der Waals surface area contributed by atoms with Crippen LogP contribution >= 0.6 is 15.9 Å². The fourth-order valence-electron chi connectivity index (χ4n) is 1.52. The molecule has 0 aliphatic rings. The van der Waals surface area contributed by atoms with Gasteiger partial charge in [-0.05, 0) is 34.5 Å². The molecule has 1 atom stereocenters. The van der Waals surface area contributed by atoms with Gasteiger partial charge in [0.1, 0.15) is 18.1 Å². The Morgan fingerprint density at radius 3 is 2.65 bits per heavy atom. The van der Waals surface area contributed by atoms with Crippen molar-refractivity contribution < 1.29 is 23.8 Å². The molecule has 0 aliphatic carbocycles. The predicted octanol–water partition coefficient (Wildman–Crippen LogP) is 2.77. The molecule has 1 aromatic rings. The fourth-order valence-corrected chi connectivity index (χ4v) is 1.72. The molecule has 1 N–H and O–H groups in total. The van der Waals surface area contributed by atoms with Crippen LogP contribution in [0.15, 0.2) is 18.2 Å². The van der Waals surface area contributed by atoms with Crippen molar-refractivity contribution in [3.63, 3.8) is 0 Å². The van der Waals surface area contributed by atoms with Crippen molar-refractivity contribution in [2.45, 2.75) is 25.3 Å². The standard InChI is InChI=1S/C13H15BrFNO4/c1-3-12(14)20-11-5-4-9(15)6-10(11)16(8(2)17)7-13(18)19/h4-6,12H,3,7H2,1-2H3,(H,18,19)/t12-/m0/s1. The van der Waals surface area contributed by atoms with Crippen LogP contribution in [0.25, 0.3) is 0 Å². The first-order valence-corrected chi connectivity index (χ1v) is 6.86. The minimum atomic E-state index is -1.19. The molecule has 0 bridgehead atoms. The number of rotatable bonds is 6. The van der Waals surface area contributed by atoms with Crippen molar-refractivity contribution in [1.29, 1.82) is 0 Å². The Hall–Kier alpha value is -1.63. The van der Waals surface area contributed by atoms with Gasteiger partial charge in [0, 0.05) is 13.0 Å². The summed E-state index contributed by atoms with van der Waals surface area (Å²) < 4.78 is 18.9. The minimum absolute atomic E-state index is 0.0952. The van der Waals surface area contributed by atoms with Gasteiger partial charge in [-0.3, -0.25) is 14.5 Å². The molecule has 0 fully saturated rings. The van der Waals surface area contributed by atoms with Gasteiger partial charge in [0.15, 0.2) is 5.01 Å². The van der Waals surface area contributed by atoms with E-state index in [1.165, 1.54) is 19.1 Å². The van der Waals surface area contributed by atoms with Crippen LogP contribution in [-0.2, 0) is 9.59 Å². The van der Waals surface area contributed by atoms with E-state index in [0.29, 0.717) is 6.42 Å². The molecule has 0 aliphatic heterocycles. The van der Waals surface area contributed by atoms with E-state index in [1.54, 1.807) is 0 Å². The van der Waals surface area contributed by atoms with Gasteiger partial charge in [0.25, 0.3) is 0 Å². The Morgan fingerprint density at radius 2 is 2.15 bits per heavy atom. The van der Waals surface area contributed by atoms with Crippen LogP contribution in [-0.4, -0.2) is 28.5 Å². The van der Waals surface area contributed by atoms with Crippen LogP contribution in [0.3, 0.4) is 0 Å². The maximum atomic E-state index is 13.4. The zero-order valence-electron chi connectivity index (χ0n) is 11.1. The van der Waals surface area contributed by atoms with Gasteiger partial charge in [0.05, 0.1) is 5.69 Å². The number of carbonyl (C=O) groups excluding carboxylic acids is 1. The van der Waals surface area contributed by atoms with Crippen LogP contribution < -0.4 is 9.64 Å². The molecule has 110 valence electrons. The number of aliphatic carboxylic acids is 1. The van der Waals surface area contributed by atoms with Crippen molar-refractivity contribution in [2.24, 2.45) is 0 Å². The third kappa shape index (κ3) is 4.48. The molecular formula is C13H15BrFNO4. The summed E-state index contributed by atoms with van der Waals surface area (Å²) in [6.45, 7) is 2.53. The summed E-state index contributed by atoms with van der Waals surface area (Å²) in [5.74, 6) is -2.04. The van der Waals surface area contributed by atoms with E-state index in [-0.39, 0.29) is 16.5 Å². The molecule has 0 radical (unpaired) electrons. The highest BCUT2D eigenvalue weighted by Gasteiger charge is 2.21. The number of carbonyl (C=O) groups is 2. The van der Waals surface area contributed by atoms with Crippen molar-refractivity contribution >= 4 is 33.5 Å². The molecule has 1 rings (SSSR count). The van der Waals surface area contributed by atoms with E-state index in [2.05, 4.69) is 15.9 Å². The SMILES string of the molecule is CC[C@@H](Br)Oc1ccc(F)cc1N(CC(=O)O)C(C)=O. The summed E-state index contributed by atoms with van der Waals surface area (Å²) >= 11 is 3.27. The van der Waals surface area contributed by atoms with Gasteiger partial charge >= 0.3 is 5.97 Å². The summed E-state index contributed by atoms with van der Waals surface area (Å²) in [5.41, 5.74) is 0.0952. The Balaban J connectivity index is 3.20. The first-order valence-electron chi connectivity index (χ1n) is 5.95. The number of benzene rings is 1. The van der Waals surface area contributed by atoms with E-state index in [4.69, 9.17) is 9.84 Å². The topological polar surface area (TPSA) is 66.8 Å². The molecular weight excluding hydrogens is 333 g/mol. The number of hydrogen-bond acceptors (Lipinski definition) is 3. The van der Waals surface area contributed by atoms with Crippen molar-refractivity contribution in [3.05, 3.63) is 24.0 Å². The number of carboxylic acid groups (broad SMARTS) is 1. The normalized spacial score (nSPS) is 11.8. The van der Waals surface area contributed by atoms with Gasteiger partial charge in [-0.2, -0.15) is 0 Å². The first-order chi connectivity index (χ1) is 9.35. The largest absolute Gasteiger partial charge is 0.480 e. The predicted molar refractivity (Wildman–Crippen MR) is 75.7 cm³/mol. The van der Waals surface area contributed by atoms with E-state index in [1.807, 2.05) is 6.92 Å². The minimum Gasteiger partial charge on any atom is -0.480 e. The zero-order chi connectivity index (χ0) is 15.3. The fraction of sp³-hybridized carbons (Fsp3) is 0.385. The number of hydrogen-bond donors (Lipinski definition) is 1. The quantitative estimate of drug-likeness (QED) is 0.803. The Kier molecular flexibility index (Phi) is 5.94. The van der Waals surface area contributed by atoms with Crippen molar-refractivity contribution in [1.82, 2.24) is 0 Å². The maximum Gasteiger partial charge on any atom is 0.323 e. The second kappa shape index (κ2) is 7.23. The highest BCUT2D eigenvalue weighted by atomic mass is 79.9. The molecule has 0 unspecified atom stereocenters. The first kappa shape index (κ1) is 16.4. The van der Waals surface area contributed by atoms with Crippen molar-refractivity contribution in [2.75, 3.05) is 11.4 Å². The molecule has 0 saturated heterocycles. The number of carboxylic acids is 1. The molecule has 7 heteroatoms. The second-order valence-electron chi connectivity index (χ2n) is 4.05.